The molecule has 0 amide bonds. The van der Waals surface area contributed by atoms with E-state index in [1.807, 2.05) is 30.3 Å². The second kappa shape index (κ2) is 9.06. The van der Waals surface area contributed by atoms with Crippen LogP contribution in [0.5, 0.6) is 0 Å². The first-order valence-electron chi connectivity index (χ1n) is 9.04. The number of aliphatic imine (C=N–C) groups is 1. The number of halogens is 1. The summed E-state index contributed by atoms with van der Waals surface area (Å²) in [5.74, 6) is 0.807. The maximum Gasteiger partial charge on any atom is 0.191 e. The topological polar surface area (TPSA) is 45.7 Å². The first-order chi connectivity index (χ1) is 12.7. The molecule has 0 atom stereocenters. The fraction of sp³-hybridized carbons (Fsp3) is 0.381. The third kappa shape index (κ3) is 4.77. The number of nitrogens with zero attached hydrogens (tertiary/aromatic N) is 1. The van der Waals surface area contributed by atoms with Crippen LogP contribution in [0.4, 0.5) is 0 Å². The van der Waals surface area contributed by atoms with E-state index in [1.54, 1.807) is 7.05 Å². The minimum Gasteiger partial charge on any atom is -0.381 e. The smallest absolute Gasteiger partial charge is 0.191 e. The van der Waals surface area contributed by atoms with Crippen molar-refractivity contribution in [2.45, 2.75) is 24.8 Å². The summed E-state index contributed by atoms with van der Waals surface area (Å²) in [6.45, 7) is 3.08. The van der Waals surface area contributed by atoms with Crippen molar-refractivity contribution in [3.63, 3.8) is 0 Å². The summed E-state index contributed by atoms with van der Waals surface area (Å²) in [5, 5.41) is 7.67. The first-order valence-corrected chi connectivity index (χ1v) is 9.42. The van der Waals surface area contributed by atoms with Gasteiger partial charge >= 0.3 is 0 Å². The molecule has 1 saturated heterocycles. The van der Waals surface area contributed by atoms with Crippen LogP contribution in [0.3, 0.4) is 0 Å². The maximum atomic E-state index is 6.25. The molecule has 0 aliphatic carbocycles. The molecule has 1 fully saturated rings. The highest BCUT2D eigenvalue weighted by molar-refractivity contribution is 6.30. The molecule has 2 N–H and O–H groups in total. The molecule has 138 valence electrons. The average Bonchev–Trinajstić information content (AvgIpc) is 2.69. The number of hydrogen-bond acceptors (Lipinski definition) is 2. The van der Waals surface area contributed by atoms with Crippen LogP contribution < -0.4 is 10.6 Å². The number of rotatable bonds is 5. The lowest BCUT2D eigenvalue weighted by molar-refractivity contribution is 0.0514. The van der Waals surface area contributed by atoms with E-state index in [2.05, 4.69) is 39.9 Å². The Kier molecular flexibility index (Phi) is 6.53. The number of guanidine groups is 1. The number of ether oxygens (including phenoxy) is 1. The summed E-state index contributed by atoms with van der Waals surface area (Å²) in [5.41, 5.74) is 2.50. The van der Waals surface area contributed by atoms with Gasteiger partial charge in [-0.05, 0) is 36.1 Å². The summed E-state index contributed by atoms with van der Waals surface area (Å²) in [6, 6.07) is 18.5. The van der Waals surface area contributed by atoms with Gasteiger partial charge in [0.2, 0.25) is 0 Å². The fourth-order valence-corrected chi connectivity index (χ4v) is 3.59. The summed E-state index contributed by atoms with van der Waals surface area (Å²) in [7, 11) is 1.80. The van der Waals surface area contributed by atoms with Crippen molar-refractivity contribution in [1.82, 2.24) is 10.6 Å². The summed E-state index contributed by atoms with van der Waals surface area (Å²) < 4.78 is 5.61. The van der Waals surface area contributed by atoms with Gasteiger partial charge in [-0.15, -0.1) is 0 Å². The molecule has 0 aromatic heterocycles. The second-order valence-electron chi connectivity index (χ2n) is 6.67. The third-order valence-corrected chi connectivity index (χ3v) is 5.24. The van der Waals surface area contributed by atoms with Gasteiger partial charge in [0.25, 0.3) is 0 Å². The lowest BCUT2D eigenvalue weighted by Gasteiger charge is -2.38. The molecular formula is C21H26ClN3O. The van der Waals surface area contributed by atoms with Gasteiger partial charge in [0.1, 0.15) is 0 Å². The van der Waals surface area contributed by atoms with E-state index in [0.29, 0.717) is 0 Å². The van der Waals surface area contributed by atoms with Crippen molar-refractivity contribution in [2.75, 3.05) is 26.8 Å². The highest BCUT2D eigenvalue weighted by Crippen LogP contribution is 2.35. The number of hydrogen-bond donors (Lipinski definition) is 2. The van der Waals surface area contributed by atoms with E-state index in [0.717, 1.165) is 50.1 Å². The lowest BCUT2D eigenvalue weighted by Crippen LogP contribution is -2.47. The van der Waals surface area contributed by atoms with Crippen LogP contribution in [0.2, 0.25) is 5.02 Å². The van der Waals surface area contributed by atoms with Crippen LogP contribution in [0, 0.1) is 0 Å². The van der Waals surface area contributed by atoms with Crippen molar-refractivity contribution in [3.05, 3.63) is 70.7 Å². The molecule has 0 bridgehead atoms. The second-order valence-corrected chi connectivity index (χ2v) is 7.10. The zero-order valence-electron chi connectivity index (χ0n) is 15.2. The molecule has 2 aromatic carbocycles. The predicted octanol–water partition coefficient (Wildman–Crippen LogP) is 3.75. The zero-order chi connectivity index (χ0) is 18.2. The zero-order valence-corrected chi connectivity index (χ0v) is 15.9. The van der Waals surface area contributed by atoms with Crippen molar-refractivity contribution in [1.29, 1.82) is 0 Å². The molecule has 0 radical (unpaired) electrons. The monoisotopic (exact) mass is 371 g/mol. The van der Waals surface area contributed by atoms with Crippen LogP contribution in [0.15, 0.2) is 59.6 Å². The average molecular weight is 372 g/mol. The van der Waals surface area contributed by atoms with E-state index in [4.69, 9.17) is 16.3 Å². The largest absolute Gasteiger partial charge is 0.381 e. The van der Waals surface area contributed by atoms with Crippen molar-refractivity contribution in [3.8, 4) is 0 Å². The van der Waals surface area contributed by atoms with Gasteiger partial charge in [-0.2, -0.15) is 0 Å². The fourth-order valence-electron chi connectivity index (χ4n) is 3.40. The lowest BCUT2D eigenvalue weighted by atomic mass is 9.74. The molecule has 3 rings (SSSR count). The minimum atomic E-state index is 0.00746. The molecule has 1 aliphatic rings. The first kappa shape index (κ1) is 18.7. The molecule has 2 aromatic rings. The van der Waals surface area contributed by atoms with Crippen molar-refractivity contribution < 1.29 is 4.74 Å². The Morgan fingerprint density at radius 3 is 2.54 bits per heavy atom. The Labute approximate surface area is 160 Å². The molecule has 0 saturated carbocycles. The molecule has 1 heterocycles. The van der Waals surface area contributed by atoms with Gasteiger partial charge in [0.05, 0.1) is 0 Å². The van der Waals surface area contributed by atoms with E-state index in [-0.39, 0.29) is 5.41 Å². The number of nitrogens with one attached hydrogen (secondary N) is 2. The molecular weight excluding hydrogens is 346 g/mol. The summed E-state index contributed by atoms with van der Waals surface area (Å²) in [4.78, 5) is 4.37. The molecule has 0 spiro atoms. The molecule has 1 aliphatic heterocycles. The van der Waals surface area contributed by atoms with E-state index in [1.165, 1.54) is 11.1 Å². The van der Waals surface area contributed by atoms with E-state index in [9.17, 15) is 0 Å². The van der Waals surface area contributed by atoms with E-state index >= 15 is 0 Å². The molecule has 0 unspecified atom stereocenters. The van der Waals surface area contributed by atoms with E-state index < -0.39 is 0 Å². The summed E-state index contributed by atoms with van der Waals surface area (Å²) >= 11 is 6.25. The normalized spacial score (nSPS) is 16.9. The third-order valence-electron chi connectivity index (χ3n) is 5.01. The Morgan fingerprint density at radius 1 is 1.08 bits per heavy atom. The molecule has 26 heavy (non-hydrogen) atoms. The molecule has 4 nitrogen and oxygen atoms in total. The minimum absolute atomic E-state index is 0.00746. The highest BCUT2D eigenvalue weighted by Gasteiger charge is 2.34. The quantitative estimate of drug-likeness (QED) is 0.621. The predicted molar refractivity (Wildman–Crippen MR) is 108 cm³/mol. The van der Waals surface area contributed by atoms with Gasteiger partial charge in [-0.1, -0.05) is 54.1 Å². The van der Waals surface area contributed by atoms with Crippen molar-refractivity contribution in [2.24, 2.45) is 4.99 Å². The Balaban J connectivity index is 1.67. The van der Waals surface area contributed by atoms with Gasteiger partial charge in [0, 0.05) is 43.8 Å². The van der Waals surface area contributed by atoms with Crippen LogP contribution in [0.25, 0.3) is 0 Å². The van der Waals surface area contributed by atoms with Crippen molar-refractivity contribution >= 4 is 17.6 Å². The van der Waals surface area contributed by atoms with Crippen LogP contribution >= 0.6 is 11.6 Å². The van der Waals surface area contributed by atoms with Gasteiger partial charge < -0.3 is 15.4 Å². The van der Waals surface area contributed by atoms with Gasteiger partial charge in [0.15, 0.2) is 5.96 Å². The Bertz CT molecular complexity index is 727. The standard InChI is InChI=1S/C21H26ClN3O/c1-23-20(24-15-17-6-3-2-4-7-17)25-16-21(10-12-26-13-11-21)18-8-5-9-19(22)14-18/h2-9,14H,10-13,15-16H2,1H3,(H2,23,24,25). The summed E-state index contributed by atoms with van der Waals surface area (Å²) in [6.07, 6.45) is 1.94. The van der Waals surface area contributed by atoms with Crippen LogP contribution in [-0.4, -0.2) is 32.8 Å². The van der Waals surface area contributed by atoms with Gasteiger partial charge in [-0.3, -0.25) is 4.99 Å². The maximum absolute atomic E-state index is 6.25. The van der Waals surface area contributed by atoms with Crippen LogP contribution in [-0.2, 0) is 16.7 Å². The SMILES string of the molecule is CN=C(NCc1ccccc1)NCC1(c2cccc(Cl)c2)CCOCC1. The Hall–Kier alpha value is -2.04. The molecule has 5 heteroatoms. The van der Waals surface area contributed by atoms with Gasteiger partial charge in [-0.25, -0.2) is 0 Å². The Morgan fingerprint density at radius 2 is 1.85 bits per heavy atom. The number of benzene rings is 2. The van der Waals surface area contributed by atoms with Crippen LogP contribution in [0.1, 0.15) is 24.0 Å². The highest BCUT2D eigenvalue weighted by atomic mass is 35.5.